The summed E-state index contributed by atoms with van der Waals surface area (Å²) in [5.74, 6) is 6.92. The van der Waals surface area contributed by atoms with Gasteiger partial charge in [0.05, 0.1) is 18.8 Å². The molecule has 1 saturated heterocycles. The van der Waals surface area contributed by atoms with Gasteiger partial charge in [0, 0.05) is 49.9 Å². The van der Waals surface area contributed by atoms with E-state index in [1.807, 2.05) is 53.5 Å². The lowest BCUT2D eigenvalue weighted by Gasteiger charge is -2.26. The minimum absolute atomic E-state index is 0.0221. The number of hydrogen-bond donors (Lipinski definition) is 0. The van der Waals surface area contributed by atoms with Crippen molar-refractivity contribution in [3.8, 4) is 11.8 Å². The molecule has 0 unspecified atom stereocenters. The summed E-state index contributed by atoms with van der Waals surface area (Å²) in [6.45, 7) is 2.72. The highest BCUT2D eigenvalue weighted by molar-refractivity contribution is 7.17. The second kappa shape index (κ2) is 7.47. The van der Waals surface area contributed by atoms with Gasteiger partial charge in [-0.2, -0.15) is 0 Å². The predicted octanol–water partition coefficient (Wildman–Crippen LogP) is 3.16. The zero-order valence-corrected chi connectivity index (χ0v) is 16.1. The van der Waals surface area contributed by atoms with Crippen molar-refractivity contribution in [3.63, 3.8) is 0 Å². The topological polar surface area (TPSA) is 45.9 Å². The van der Waals surface area contributed by atoms with E-state index >= 15 is 0 Å². The minimum Gasteiger partial charge on any atom is -0.438 e. The van der Waals surface area contributed by atoms with Crippen LogP contribution in [0, 0.1) is 11.8 Å². The van der Waals surface area contributed by atoms with Crippen molar-refractivity contribution in [1.82, 2.24) is 0 Å². The van der Waals surface area contributed by atoms with E-state index in [2.05, 4.69) is 11.8 Å². The summed E-state index contributed by atoms with van der Waals surface area (Å²) in [4.78, 5) is 16.6. The molecule has 5 nitrogen and oxygen atoms in total. The molecule has 0 spiro atoms. The highest BCUT2D eigenvalue weighted by Crippen LogP contribution is 2.27. The van der Waals surface area contributed by atoms with E-state index in [0.717, 1.165) is 29.9 Å². The second-order valence-electron chi connectivity index (χ2n) is 6.55. The van der Waals surface area contributed by atoms with Gasteiger partial charge in [-0.25, -0.2) is 0 Å². The highest BCUT2D eigenvalue weighted by Gasteiger charge is 2.17. The van der Waals surface area contributed by atoms with Gasteiger partial charge in [-0.05, 0) is 24.3 Å². The van der Waals surface area contributed by atoms with E-state index in [1.54, 1.807) is 6.07 Å². The molecule has 3 heterocycles. The van der Waals surface area contributed by atoms with Crippen LogP contribution >= 0.6 is 11.3 Å². The van der Waals surface area contributed by atoms with E-state index in [1.165, 1.54) is 11.3 Å². The molecule has 6 heteroatoms. The van der Waals surface area contributed by atoms with E-state index < -0.39 is 0 Å². The number of fused-ring (bicyclic) bond motifs is 1. The zero-order valence-electron chi connectivity index (χ0n) is 15.3. The van der Waals surface area contributed by atoms with Gasteiger partial charge in [-0.1, -0.05) is 11.8 Å². The lowest BCUT2D eigenvalue weighted by Crippen LogP contribution is -2.36. The lowest BCUT2D eigenvalue weighted by atomic mass is 10.2. The molecule has 2 aromatic heterocycles. The Morgan fingerprint density at radius 3 is 2.56 bits per heavy atom. The van der Waals surface area contributed by atoms with Gasteiger partial charge in [0.15, 0.2) is 11.5 Å². The molecule has 138 valence electrons. The van der Waals surface area contributed by atoms with Crippen LogP contribution in [0.2, 0.25) is 0 Å². The van der Waals surface area contributed by atoms with Crippen molar-refractivity contribution in [2.24, 2.45) is 0 Å². The number of anilines is 2. The van der Waals surface area contributed by atoms with E-state index in [9.17, 15) is 4.79 Å². The zero-order chi connectivity index (χ0) is 18.8. The van der Waals surface area contributed by atoms with Crippen LogP contribution in [0.4, 0.5) is 11.6 Å². The number of ether oxygens (including phenoxy) is 1. The standard InChI is InChI=1S/C21H20N2O3S/c1-22(2)17-7-4-15(5-8-17)3-6-16-14-27-21-18(24)13-19(26-20(16)21)23-9-11-25-12-10-23/h4-5,7-8,13-14H,9-12H2,1-2H3. The summed E-state index contributed by atoms with van der Waals surface area (Å²) in [5.41, 5.74) is 3.35. The second-order valence-corrected chi connectivity index (χ2v) is 7.43. The summed E-state index contributed by atoms with van der Waals surface area (Å²) >= 11 is 1.38. The van der Waals surface area contributed by atoms with Crippen LogP contribution in [0.15, 0.2) is 44.9 Å². The monoisotopic (exact) mass is 380 g/mol. The van der Waals surface area contributed by atoms with Gasteiger partial charge < -0.3 is 19.0 Å². The molecule has 1 aliphatic rings. The molecule has 0 N–H and O–H groups in total. The molecule has 1 fully saturated rings. The number of morpholine rings is 1. The summed E-state index contributed by atoms with van der Waals surface area (Å²) in [7, 11) is 4.01. The van der Waals surface area contributed by atoms with Crippen molar-refractivity contribution in [1.29, 1.82) is 0 Å². The van der Waals surface area contributed by atoms with Crippen LogP contribution in [0.25, 0.3) is 10.3 Å². The Hall–Kier alpha value is -2.75. The quantitative estimate of drug-likeness (QED) is 0.639. The number of hydrogen-bond acceptors (Lipinski definition) is 6. The van der Waals surface area contributed by atoms with Gasteiger partial charge >= 0.3 is 0 Å². The fraction of sp³-hybridized carbons (Fsp3) is 0.286. The largest absolute Gasteiger partial charge is 0.438 e. The van der Waals surface area contributed by atoms with Crippen LogP contribution < -0.4 is 15.2 Å². The van der Waals surface area contributed by atoms with E-state index in [-0.39, 0.29) is 5.43 Å². The maximum absolute atomic E-state index is 12.5. The molecule has 0 atom stereocenters. The van der Waals surface area contributed by atoms with Gasteiger partial charge in [-0.3, -0.25) is 4.79 Å². The third kappa shape index (κ3) is 3.70. The molecule has 3 aromatic rings. The summed E-state index contributed by atoms with van der Waals surface area (Å²) in [6, 6.07) is 9.62. The molecule has 27 heavy (non-hydrogen) atoms. The maximum atomic E-state index is 12.5. The molecule has 0 saturated carbocycles. The van der Waals surface area contributed by atoms with Crippen LogP contribution in [0.5, 0.6) is 0 Å². The molecule has 1 aromatic carbocycles. The van der Waals surface area contributed by atoms with Crippen LogP contribution in [0.3, 0.4) is 0 Å². The van der Waals surface area contributed by atoms with Gasteiger partial charge in [-0.15, -0.1) is 11.3 Å². The Balaban J connectivity index is 1.68. The fourth-order valence-electron chi connectivity index (χ4n) is 2.94. The third-order valence-electron chi connectivity index (χ3n) is 4.48. The Morgan fingerprint density at radius 2 is 1.85 bits per heavy atom. The first-order chi connectivity index (χ1) is 13.1. The Labute approximate surface area is 161 Å². The fourth-order valence-corrected chi connectivity index (χ4v) is 3.77. The average Bonchev–Trinajstić information content (AvgIpc) is 3.11. The van der Waals surface area contributed by atoms with Crippen LogP contribution in [0.1, 0.15) is 11.1 Å². The summed E-state index contributed by atoms with van der Waals surface area (Å²) < 4.78 is 12.0. The smallest absolute Gasteiger partial charge is 0.204 e. The number of nitrogens with zero attached hydrogens (tertiary/aromatic N) is 2. The van der Waals surface area contributed by atoms with Crippen molar-refractivity contribution < 1.29 is 9.15 Å². The Kier molecular flexibility index (Phi) is 4.88. The van der Waals surface area contributed by atoms with Crippen molar-refractivity contribution in [2.45, 2.75) is 0 Å². The van der Waals surface area contributed by atoms with Gasteiger partial charge in [0.25, 0.3) is 0 Å². The maximum Gasteiger partial charge on any atom is 0.204 e. The number of thiophene rings is 1. The van der Waals surface area contributed by atoms with E-state index in [0.29, 0.717) is 29.4 Å². The summed E-state index contributed by atoms with van der Waals surface area (Å²) in [6.07, 6.45) is 0. The number of rotatable bonds is 2. The van der Waals surface area contributed by atoms with Crippen LogP contribution in [-0.2, 0) is 4.74 Å². The number of benzene rings is 1. The molecular weight excluding hydrogens is 360 g/mol. The molecule has 0 aliphatic carbocycles. The van der Waals surface area contributed by atoms with Crippen molar-refractivity contribution in [2.75, 3.05) is 50.2 Å². The first kappa shape index (κ1) is 17.7. The van der Waals surface area contributed by atoms with Gasteiger partial charge in [0.2, 0.25) is 5.43 Å². The molecular formula is C21H20N2O3S. The summed E-state index contributed by atoms with van der Waals surface area (Å²) in [5, 5.41) is 1.89. The van der Waals surface area contributed by atoms with Crippen molar-refractivity contribution >= 4 is 33.2 Å². The average molecular weight is 380 g/mol. The normalized spacial score (nSPS) is 14.1. The van der Waals surface area contributed by atoms with Crippen LogP contribution in [-0.4, -0.2) is 40.4 Å². The first-order valence-corrected chi connectivity index (χ1v) is 9.67. The first-order valence-electron chi connectivity index (χ1n) is 8.79. The minimum atomic E-state index is -0.0221. The molecule has 1 aliphatic heterocycles. The Morgan fingerprint density at radius 1 is 1.11 bits per heavy atom. The lowest BCUT2D eigenvalue weighted by molar-refractivity contribution is 0.121. The third-order valence-corrected chi connectivity index (χ3v) is 5.45. The Bertz CT molecular complexity index is 1060. The molecule has 0 bridgehead atoms. The van der Waals surface area contributed by atoms with Crippen molar-refractivity contribution in [3.05, 3.63) is 57.1 Å². The van der Waals surface area contributed by atoms with Gasteiger partial charge in [0.1, 0.15) is 4.70 Å². The molecule has 4 rings (SSSR count). The SMILES string of the molecule is CN(C)c1ccc(C#Cc2csc3c(=O)cc(N4CCOCC4)oc23)cc1. The molecule has 0 amide bonds. The molecule has 0 radical (unpaired) electrons. The van der Waals surface area contributed by atoms with E-state index in [4.69, 9.17) is 9.15 Å². The predicted molar refractivity (Wildman–Crippen MR) is 110 cm³/mol. The highest BCUT2D eigenvalue weighted by atomic mass is 32.1.